The number of halogens is 1. The topological polar surface area (TPSA) is 92.4 Å². The maximum absolute atomic E-state index is 11.9. The first-order valence-electron chi connectivity index (χ1n) is 5.41. The van der Waals surface area contributed by atoms with Crippen LogP contribution in [0.4, 0.5) is 5.69 Å². The predicted molar refractivity (Wildman–Crippen MR) is 77.3 cm³/mol. The van der Waals surface area contributed by atoms with Crippen LogP contribution in [0.3, 0.4) is 0 Å². The van der Waals surface area contributed by atoms with Crippen molar-refractivity contribution in [3.63, 3.8) is 0 Å². The van der Waals surface area contributed by atoms with Crippen LogP contribution in [0.2, 0.25) is 0 Å². The summed E-state index contributed by atoms with van der Waals surface area (Å²) in [7, 11) is 0. The maximum atomic E-state index is 11.9. The van der Waals surface area contributed by atoms with E-state index in [1.807, 2.05) is 22.6 Å². The third-order valence-corrected chi connectivity index (χ3v) is 3.42. The highest BCUT2D eigenvalue weighted by Gasteiger charge is 2.23. The van der Waals surface area contributed by atoms with Crippen molar-refractivity contribution in [1.82, 2.24) is 5.32 Å². The largest absolute Gasteiger partial charge is 0.480 e. The molecule has 0 spiro atoms. The van der Waals surface area contributed by atoms with Gasteiger partial charge in [-0.25, -0.2) is 4.79 Å². The van der Waals surface area contributed by atoms with E-state index in [9.17, 15) is 9.59 Å². The molecule has 1 rings (SSSR count). The molecule has 0 aliphatic carbocycles. The quantitative estimate of drug-likeness (QED) is 0.562. The lowest BCUT2D eigenvalue weighted by atomic mass is 10.0. The lowest BCUT2D eigenvalue weighted by molar-refractivity contribution is -0.140. The van der Waals surface area contributed by atoms with E-state index in [0.29, 0.717) is 11.3 Å². The number of carbonyl (C=O) groups excluding carboxylic acids is 1. The Balaban J connectivity index is 2.87. The Labute approximate surface area is 119 Å². The van der Waals surface area contributed by atoms with E-state index < -0.39 is 17.9 Å². The summed E-state index contributed by atoms with van der Waals surface area (Å²) in [5, 5.41) is 11.5. The number of nitrogens with two attached hydrogens (primary N) is 1. The van der Waals surface area contributed by atoms with Gasteiger partial charge in [0.2, 0.25) is 0 Å². The lowest BCUT2D eigenvalue weighted by Crippen LogP contribution is -2.44. The number of carboxylic acid groups (broad SMARTS) is 1. The van der Waals surface area contributed by atoms with E-state index in [2.05, 4.69) is 5.32 Å². The minimum Gasteiger partial charge on any atom is -0.480 e. The SMILES string of the molecule is CC(C)[C@H](NC(=O)c1ccc(N)c(I)c1)C(=O)O. The number of aliphatic carboxylic acids is 1. The van der Waals surface area contributed by atoms with Crippen molar-refractivity contribution in [2.75, 3.05) is 5.73 Å². The molecule has 0 unspecified atom stereocenters. The number of hydrogen-bond donors (Lipinski definition) is 3. The number of benzene rings is 1. The molecule has 0 fully saturated rings. The number of carbonyl (C=O) groups is 2. The Morgan fingerprint density at radius 3 is 2.44 bits per heavy atom. The third kappa shape index (κ3) is 3.59. The first-order chi connectivity index (χ1) is 8.32. The summed E-state index contributed by atoms with van der Waals surface area (Å²) >= 11 is 2.02. The van der Waals surface area contributed by atoms with Crippen LogP contribution in [0.15, 0.2) is 18.2 Å². The summed E-state index contributed by atoms with van der Waals surface area (Å²) in [5.74, 6) is -1.63. The van der Waals surface area contributed by atoms with Crippen LogP contribution in [0.5, 0.6) is 0 Å². The molecule has 1 atom stereocenters. The number of hydrogen-bond acceptors (Lipinski definition) is 3. The Morgan fingerprint density at radius 1 is 1.39 bits per heavy atom. The van der Waals surface area contributed by atoms with Crippen LogP contribution in [0.1, 0.15) is 24.2 Å². The van der Waals surface area contributed by atoms with Crippen LogP contribution in [0.25, 0.3) is 0 Å². The Morgan fingerprint density at radius 2 is 2.00 bits per heavy atom. The monoisotopic (exact) mass is 362 g/mol. The van der Waals surface area contributed by atoms with E-state index in [4.69, 9.17) is 10.8 Å². The molecule has 0 heterocycles. The van der Waals surface area contributed by atoms with Gasteiger partial charge in [0.15, 0.2) is 0 Å². The average molecular weight is 362 g/mol. The second-order valence-corrected chi connectivity index (χ2v) is 5.43. The summed E-state index contributed by atoms with van der Waals surface area (Å²) in [4.78, 5) is 22.9. The number of anilines is 1. The molecule has 5 nitrogen and oxygen atoms in total. The molecule has 6 heteroatoms. The van der Waals surface area contributed by atoms with E-state index in [1.54, 1.807) is 32.0 Å². The standard InChI is InChI=1S/C12H15IN2O3/c1-6(2)10(12(17)18)15-11(16)7-3-4-9(14)8(13)5-7/h3-6,10H,14H2,1-2H3,(H,15,16)(H,17,18)/t10-/m0/s1. The van der Waals surface area contributed by atoms with E-state index in [-0.39, 0.29) is 5.92 Å². The molecule has 0 saturated carbocycles. The average Bonchev–Trinajstić information content (AvgIpc) is 2.28. The van der Waals surface area contributed by atoms with E-state index >= 15 is 0 Å². The second kappa shape index (κ2) is 6.03. The van der Waals surface area contributed by atoms with Crippen molar-refractivity contribution in [2.45, 2.75) is 19.9 Å². The molecule has 0 aliphatic heterocycles. The fraction of sp³-hybridized carbons (Fsp3) is 0.333. The van der Waals surface area contributed by atoms with Crippen LogP contribution < -0.4 is 11.1 Å². The Kier molecular flexibility index (Phi) is 4.94. The smallest absolute Gasteiger partial charge is 0.326 e. The van der Waals surface area contributed by atoms with Gasteiger partial charge in [0, 0.05) is 14.8 Å². The highest BCUT2D eigenvalue weighted by atomic mass is 127. The first kappa shape index (κ1) is 14.7. The molecule has 0 aromatic heterocycles. The maximum Gasteiger partial charge on any atom is 0.326 e. The molecular formula is C12H15IN2O3. The molecule has 18 heavy (non-hydrogen) atoms. The van der Waals surface area contributed by atoms with Crippen molar-refractivity contribution >= 4 is 40.2 Å². The predicted octanol–water partition coefficient (Wildman–Crippen LogP) is 1.71. The third-order valence-electron chi connectivity index (χ3n) is 2.48. The Hall–Kier alpha value is -1.31. The van der Waals surface area contributed by atoms with Crippen molar-refractivity contribution in [3.8, 4) is 0 Å². The number of amides is 1. The van der Waals surface area contributed by atoms with Crippen LogP contribution in [0, 0.1) is 9.49 Å². The lowest BCUT2D eigenvalue weighted by Gasteiger charge is -2.18. The van der Waals surface area contributed by atoms with Crippen molar-refractivity contribution in [2.24, 2.45) is 5.92 Å². The van der Waals surface area contributed by atoms with Crippen molar-refractivity contribution < 1.29 is 14.7 Å². The summed E-state index contributed by atoms with van der Waals surface area (Å²) in [6.07, 6.45) is 0. The van der Waals surface area contributed by atoms with Gasteiger partial charge < -0.3 is 16.2 Å². The number of carboxylic acids is 1. The number of nitrogen functional groups attached to an aromatic ring is 1. The summed E-state index contributed by atoms with van der Waals surface area (Å²) in [5.41, 5.74) is 6.65. The zero-order valence-electron chi connectivity index (χ0n) is 10.1. The minimum absolute atomic E-state index is 0.181. The molecule has 4 N–H and O–H groups in total. The summed E-state index contributed by atoms with van der Waals surface area (Å²) in [6.45, 7) is 3.48. The van der Waals surface area contributed by atoms with E-state index in [1.165, 1.54) is 0 Å². The van der Waals surface area contributed by atoms with Gasteiger partial charge in [0.25, 0.3) is 5.91 Å². The molecule has 0 saturated heterocycles. The van der Waals surface area contributed by atoms with Crippen LogP contribution in [-0.2, 0) is 4.79 Å². The molecule has 0 bridgehead atoms. The van der Waals surface area contributed by atoms with Gasteiger partial charge in [-0.05, 0) is 46.7 Å². The zero-order valence-corrected chi connectivity index (χ0v) is 12.3. The van der Waals surface area contributed by atoms with Crippen LogP contribution >= 0.6 is 22.6 Å². The molecule has 1 aromatic rings. The molecule has 0 aliphatic rings. The molecular weight excluding hydrogens is 347 g/mol. The summed E-state index contributed by atoms with van der Waals surface area (Å²) in [6, 6.07) is 3.94. The van der Waals surface area contributed by atoms with E-state index in [0.717, 1.165) is 3.57 Å². The highest BCUT2D eigenvalue weighted by molar-refractivity contribution is 14.1. The fourth-order valence-corrected chi connectivity index (χ4v) is 1.92. The molecule has 1 aromatic carbocycles. The first-order valence-corrected chi connectivity index (χ1v) is 6.49. The van der Waals surface area contributed by atoms with Gasteiger partial charge in [0.1, 0.15) is 6.04 Å². The second-order valence-electron chi connectivity index (χ2n) is 4.27. The van der Waals surface area contributed by atoms with Crippen molar-refractivity contribution in [1.29, 1.82) is 0 Å². The molecule has 98 valence electrons. The summed E-state index contributed by atoms with van der Waals surface area (Å²) < 4.78 is 0.761. The van der Waals surface area contributed by atoms with Gasteiger partial charge in [0.05, 0.1) is 0 Å². The van der Waals surface area contributed by atoms with Gasteiger partial charge in [-0.2, -0.15) is 0 Å². The van der Waals surface area contributed by atoms with Gasteiger partial charge in [-0.1, -0.05) is 13.8 Å². The number of nitrogens with one attached hydrogen (secondary N) is 1. The normalized spacial score (nSPS) is 12.2. The fourth-order valence-electron chi connectivity index (χ4n) is 1.41. The number of rotatable bonds is 4. The van der Waals surface area contributed by atoms with Crippen molar-refractivity contribution in [3.05, 3.63) is 27.3 Å². The zero-order chi connectivity index (χ0) is 13.9. The Bertz CT molecular complexity index is 474. The van der Waals surface area contributed by atoms with Gasteiger partial charge >= 0.3 is 5.97 Å². The van der Waals surface area contributed by atoms with Gasteiger partial charge in [-0.15, -0.1) is 0 Å². The van der Waals surface area contributed by atoms with Gasteiger partial charge in [-0.3, -0.25) is 4.79 Å². The minimum atomic E-state index is -1.04. The molecule has 0 radical (unpaired) electrons. The highest BCUT2D eigenvalue weighted by Crippen LogP contribution is 2.16. The van der Waals surface area contributed by atoms with Crippen LogP contribution in [-0.4, -0.2) is 23.0 Å². The molecule has 1 amide bonds.